The molecule has 0 bridgehead atoms. The van der Waals surface area contributed by atoms with Crippen molar-refractivity contribution in [3.05, 3.63) is 29.8 Å². The van der Waals surface area contributed by atoms with Crippen LogP contribution >= 0.6 is 0 Å². The molecule has 1 amide bonds. The topological polar surface area (TPSA) is 53.3 Å². The Hall–Kier alpha value is -2.02. The lowest BCUT2D eigenvalue weighted by molar-refractivity contribution is -0.131. The molecule has 4 nitrogen and oxygen atoms in total. The lowest BCUT2D eigenvalue weighted by Crippen LogP contribution is -2.32. The van der Waals surface area contributed by atoms with Crippen molar-refractivity contribution in [2.75, 3.05) is 20.2 Å². The van der Waals surface area contributed by atoms with Gasteiger partial charge in [0, 0.05) is 13.6 Å². The molecule has 0 saturated heterocycles. The third kappa shape index (κ3) is 4.15. The quantitative estimate of drug-likeness (QED) is 0.777. The van der Waals surface area contributed by atoms with Crippen LogP contribution in [0.1, 0.15) is 12.0 Å². The summed E-state index contributed by atoms with van der Waals surface area (Å²) in [5, 5.41) is 8.42. The van der Waals surface area contributed by atoms with Gasteiger partial charge < -0.3 is 9.64 Å². The second kappa shape index (κ2) is 6.54. The Bertz CT molecular complexity index is 424. The first-order valence-electron chi connectivity index (χ1n) is 5.44. The molecular weight excluding hydrogens is 216 g/mol. The highest BCUT2D eigenvalue weighted by atomic mass is 16.5. The number of benzene rings is 1. The second-order valence-electron chi connectivity index (χ2n) is 3.78. The number of carbonyl (C=O) groups is 1. The highest BCUT2D eigenvalue weighted by Gasteiger charge is 2.09. The molecule has 0 fully saturated rings. The van der Waals surface area contributed by atoms with E-state index in [1.807, 2.05) is 37.3 Å². The van der Waals surface area contributed by atoms with Crippen molar-refractivity contribution in [1.82, 2.24) is 4.90 Å². The Kier molecular flexibility index (Phi) is 5.02. The standard InChI is InChI=1S/C13H16N2O2/c1-11-6-3-4-7-12(11)17-10-13(16)15(2)9-5-8-14/h3-4,6-7H,5,9-10H2,1-2H3. The van der Waals surface area contributed by atoms with Crippen LogP contribution in [0.2, 0.25) is 0 Å². The molecule has 0 aliphatic rings. The maximum Gasteiger partial charge on any atom is 0.260 e. The van der Waals surface area contributed by atoms with E-state index < -0.39 is 0 Å². The molecule has 4 heteroatoms. The predicted octanol–water partition coefficient (Wildman–Crippen LogP) is 1.75. The molecule has 0 spiro atoms. The van der Waals surface area contributed by atoms with Gasteiger partial charge in [0.2, 0.25) is 0 Å². The molecule has 90 valence electrons. The van der Waals surface area contributed by atoms with Crippen molar-refractivity contribution in [3.63, 3.8) is 0 Å². The van der Waals surface area contributed by atoms with Crippen LogP contribution in [0.3, 0.4) is 0 Å². The van der Waals surface area contributed by atoms with Gasteiger partial charge in [-0.3, -0.25) is 4.79 Å². The molecule has 0 aliphatic carbocycles. The van der Waals surface area contributed by atoms with Gasteiger partial charge in [0.05, 0.1) is 12.5 Å². The predicted molar refractivity (Wildman–Crippen MR) is 64.5 cm³/mol. The SMILES string of the molecule is Cc1ccccc1OCC(=O)N(C)CCC#N. The number of amides is 1. The summed E-state index contributed by atoms with van der Waals surface area (Å²) < 4.78 is 5.43. The second-order valence-corrected chi connectivity index (χ2v) is 3.78. The summed E-state index contributed by atoms with van der Waals surface area (Å²) in [5.41, 5.74) is 1.000. The van der Waals surface area contributed by atoms with E-state index >= 15 is 0 Å². The highest BCUT2D eigenvalue weighted by Crippen LogP contribution is 2.15. The lowest BCUT2D eigenvalue weighted by atomic mass is 10.2. The Labute approximate surface area is 101 Å². The molecule has 1 aromatic carbocycles. The molecule has 0 aliphatic heterocycles. The van der Waals surface area contributed by atoms with Crippen LogP contribution in [-0.2, 0) is 4.79 Å². The number of rotatable bonds is 5. The first kappa shape index (κ1) is 13.0. The normalized spacial score (nSPS) is 9.47. The van der Waals surface area contributed by atoms with Gasteiger partial charge in [0.25, 0.3) is 5.91 Å². The molecule has 0 radical (unpaired) electrons. The number of carbonyl (C=O) groups excluding carboxylic acids is 1. The van der Waals surface area contributed by atoms with Crippen LogP contribution in [0.5, 0.6) is 5.75 Å². The smallest absolute Gasteiger partial charge is 0.260 e. The summed E-state index contributed by atoms with van der Waals surface area (Å²) >= 11 is 0. The molecule has 1 rings (SSSR count). The van der Waals surface area contributed by atoms with Crippen molar-refractivity contribution in [1.29, 1.82) is 5.26 Å². The average Bonchev–Trinajstić information content (AvgIpc) is 2.34. The molecule has 0 heterocycles. The third-order valence-electron chi connectivity index (χ3n) is 2.43. The highest BCUT2D eigenvalue weighted by molar-refractivity contribution is 5.77. The van der Waals surface area contributed by atoms with E-state index in [1.165, 1.54) is 4.90 Å². The van der Waals surface area contributed by atoms with Gasteiger partial charge in [-0.2, -0.15) is 5.26 Å². The first-order valence-corrected chi connectivity index (χ1v) is 5.44. The number of hydrogen-bond donors (Lipinski definition) is 0. The lowest BCUT2D eigenvalue weighted by Gasteiger charge is -2.16. The Morgan fingerprint density at radius 3 is 2.82 bits per heavy atom. The number of ether oxygens (including phenoxy) is 1. The number of likely N-dealkylation sites (N-methyl/N-ethyl adjacent to an activating group) is 1. The monoisotopic (exact) mass is 232 g/mol. The van der Waals surface area contributed by atoms with Gasteiger partial charge in [-0.15, -0.1) is 0 Å². The summed E-state index contributed by atoms with van der Waals surface area (Å²) in [4.78, 5) is 13.1. The molecule has 0 atom stereocenters. The minimum atomic E-state index is -0.122. The summed E-state index contributed by atoms with van der Waals surface area (Å²) in [7, 11) is 1.67. The number of nitrogens with zero attached hydrogens (tertiary/aromatic N) is 2. The minimum Gasteiger partial charge on any atom is -0.484 e. The van der Waals surface area contributed by atoms with E-state index in [-0.39, 0.29) is 12.5 Å². The summed E-state index contributed by atoms with van der Waals surface area (Å²) in [5.74, 6) is 0.595. The maximum absolute atomic E-state index is 11.6. The number of aryl methyl sites for hydroxylation is 1. The molecule has 1 aromatic rings. The van der Waals surface area contributed by atoms with E-state index in [9.17, 15) is 4.79 Å². The van der Waals surface area contributed by atoms with Crippen molar-refractivity contribution in [2.24, 2.45) is 0 Å². The largest absolute Gasteiger partial charge is 0.484 e. The molecule has 17 heavy (non-hydrogen) atoms. The van der Waals surface area contributed by atoms with Crippen LogP contribution in [-0.4, -0.2) is 31.0 Å². The van der Waals surface area contributed by atoms with Crippen LogP contribution in [0.25, 0.3) is 0 Å². The molecule has 0 saturated carbocycles. The summed E-state index contributed by atoms with van der Waals surface area (Å²) in [6, 6.07) is 9.55. The average molecular weight is 232 g/mol. The maximum atomic E-state index is 11.6. The van der Waals surface area contributed by atoms with Gasteiger partial charge in [-0.25, -0.2) is 0 Å². The van der Waals surface area contributed by atoms with Crippen molar-refractivity contribution in [2.45, 2.75) is 13.3 Å². The van der Waals surface area contributed by atoms with Crippen molar-refractivity contribution < 1.29 is 9.53 Å². The van der Waals surface area contributed by atoms with Crippen LogP contribution in [0, 0.1) is 18.3 Å². The van der Waals surface area contributed by atoms with Crippen LogP contribution < -0.4 is 4.74 Å². The van der Waals surface area contributed by atoms with Gasteiger partial charge in [0.15, 0.2) is 6.61 Å². The van der Waals surface area contributed by atoms with Crippen molar-refractivity contribution >= 4 is 5.91 Å². The van der Waals surface area contributed by atoms with Gasteiger partial charge in [0.1, 0.15) is 5.75 Å². The van der Waals surface area contributed by atoms with Gasteiger partial charge >= 0.3 is 0 Å². The molecule has 0 aromatic heterocycles. The first-order chi connectivity index (χ1) is 8.15. The zero-order chi connectivity index (χ0) is 12.7. The van der Waals surface area contributed by atoms with E-state index in [4.69, 9.17) is 10.00 Å². The van der Waals surface area contributed by atoms with E-state index in [0.717, 1.165) is 11.3 Å². The van der Waals surface area contributed by atoms with Gasteiger partial charge in [-0.05, 0) is 18.6 Å². The molecule has 0 N–H and O–H groups in total. The number of hydrogen-bond acceptors (Lipinski definition) is 3. The van der Waals surface area contributed by atoms with E-state index in [0.29, 0.717) is 13.0 Å². The molecule has 0 unspecified atom stereocenters. The van der Waals surface area contributed by atoms with E-state index in [2.05, 4.69) is 0 Å². The Morgan fingerprint density at radius 2 is 2.18 bits per heavy atom. The van der Waals surface area contributed by atoms with Crippen molar-refractivity contribution in [3.8, 4) is 11.8 Å². The fourth-order valence-corrected chi connectivity index (χ4v) is 1.31. The zero-order valence-electron chi connectivity index (χ0n) is 10.1. The summed E-state index contributed by atoms with van der Waals surface area (Å²) in [6.45, 7) is 2.37. The number of nitriles is 1. The third-order valence-corrected chi connectivity index (χ3v) is 2.43. The number of para-hydroxylation sites is 1. The van der Waals surface area contributed by atoms with E-state index in [1.54, 1.807) is 7.05 Å². The molecular formula is C13H16N2O2. The van der Waals surface area contributed by atoms with Crippen LogP contribution in [0.15, 0.2) is 24.3 Å². The Balaban J connectivity index is 2.43. The fourth-order valence-electron chi connectivity index (χ4n) is 1.31. The zero-order valence-corrected chi connectivity index (χ0v) is 10.1. The fraction of sp³-hybridized carbons (Fsp3) is 0.385. The van der Waals surface area contributed by atoms with Gasteiger partial charge in [-0.1, -0.05) is 18.2 Å². The van der Waals surface area contributed by atoms with Crippen LogP contribution in [0.4, 0.5) is 0 Å². The minimum absolute atomic E-state index is 0.00673. The Morgan fingerprint density at radius 1 is 1.47 bits per heavy atom. The summed E-state index contributed by atoms with van der Waals surface area (Å²) in [6.07, 6.45) is 0.340.